The zero-order valence-electron chi connectivity index (χ0n) is 16.2. The number of benzene rings is 2. The van der Waals surface area contributed by atoms with Gasteiger partial charge in [0, 0.05) is 18.0 Å². The highest BCUT2D eigenvalue weighted by molar-refractivity contribution is 7.98. The van der Waals surface area contributed by atoms with E-state index in [1.807, 2.05) is 53.1 Å². The maximum Gasteiger partial charge on any atom is 0.319 e. The van der Waals surface area contributed by atoms with E-state index in [4.69, 9.17) is 9.47 Å². The number of halogens is 2. The van der Waals surface area contributed by atoms with Crippen molar-refractivity contribution in [3.63, 3.8) is 0 Å². The van der Waals surface area contributed by atoms with Gasteiger partial charge in [-0.05, 0) is 17.7 Å². The van der Waals surface area contributed by atoms with Crippen molar-refractivity contribution in [2.45, 2.75) is 24.0 Å². The van der Waals surface area contributed by atoms with Crippen LogP contribution in [0.15, 0.2) is 66.1 Å². The first kappa shape index (κ1) is 19.6. The van der Waals surface area contributed by atoms with E-state index in [-0.39, 0.29) is 18.4 Å². The first-order valence-corrected chi connectivity index (χ1v) is 10.5. The SMILES string of the molecule is FC(F)n1ccnc1CSc1nnc(-c2ccccc2)n1Cc1ccc2c(c1)OCO2. The number of aromatic nitrogens is 5. The summed E-state index contributed by atoms with van der Waals surface area (Å²) < 4.78 is 40.0. The number of imidazole rings is 1. The van der Waals surface area contributed by atoms with Crippen molar-refractivity contribution in [3.05, 3.63) is 72.3 Å². The fourth-order valence-corrected chi connectivity index (χ4v) is 4.21. The van der Waals surface area contributed by atoms with Crippen molar-refractivity contribution >= 4 is 11.8 Å². The number of hydrogen-bond acceptors (Lipinski definition) is 6. The Morgan fingerprint density at radius 1 is 1.03 bits per heavy atom. The molecule has 31 heavy (non-hydrogen) atoms. The highest BCUT2D eigenvalue weighted by Gasteiger charge is 2.19. The number of fused-ring (bicyclic) bond motifs is 1. The van der Waals surface area contributed by atoms with Crippen molar-refractivity contribution in [2.75, 3.05) is 6.79 Å². The maximum absolute atomic E-state index is 13.1. The molecule has 0 atom stereocenters. The molecule has 7 nitrogen and oxygen atoms in total. The zero-order chi connectivity index (χ0) is 21.2. The second kappa shape index (κ2) is 8.38. The third-order valence-corrected chi connectivity index (χ3v) is 5.78. The monoisotopic (exact) mass is 441 g/mol. The molecule has 5 rings (SSSR count). The van der Waals surface area contributed by atoms with Gasteiger partial charge in [-0.25, -0.2) is 4.98 Å². The van der Waals surface area contributed by atoms with Crippen LogP contribution in [0.4, 0.5) is 8.78 Å². The van der Waals surface area contributed by atoms with Crippen molar-refractivity contribution in [1.29, 1.82) is 0 Å². The lowest BCUT2D eigenvalue weighted by Crippen LogP contribution is -2.06. The number of ether oxygens (including phenoxy) is 2. The van der Waals surface area contributed by atoms with E-state index in [2.05, 4.69) is 15.2 Å². The van der Waals surface area contributed by atoms with Crippen LogP contribution in [0.5, 0.6) is 11.5 Å². The lowest BCUT2D eigenvalue weighted by Gasteiger charge is -2.11. The summed E-state index contributed by atoms with van der Waals surface area (Å²) in [6, 6.07) is 15.5. The van der Waals surface area contributed by atoms with Crippen LogP contribution >= 0.6 is 11.8 Å². The first-order chi connectivity index (χ1) is 15.2. The maximum atomic E-state index is 13.1. The molecule has 0 aliphatic carbocycles. The van der Waals surface area contributed by atoms with E-state index in [9.17, 15) is 8.78 Å². The smallest absolute Gasteiger partial charge is 0.319 e. The third-order valence-electron chi connectivity index (χ3n) is 4.82. The highest BCUT2D eigenvalue weighted by Crippen LogP contribution is 2.34. The molecular formula is C21H17F2N5O2S. The molecule has 0 saturated heterocycles. The summed E-state index contributed by atoms with van der Waals surface area (Å²) in [6.45, 7) is -1.94. The Balaban J connectivity index is 1.46. The summed E-state index contributed by atoms with van der Waals surface area (Å²) in [4.78, 5) is 4.04. The fraction of sp³-hybridized carbons (Fsp3) is 0.190. The van der Waals surface area contributed by atoms with Crippen LogP contribution in [-0.2, 0) is 12.3 Å². The van der Waals surface area contributed by atoms with E-state index in [0.29, 0.717) is 29.0 Å². The van der Waals surface area contributed by atoms with E-state index >= 15 is 0 Å². The van der Waals surface area contributed by atoms with Crippen LogP contribution in [0.3, 0.4) is 0 Å². The van der Waals surface area contributed by atoms with E-state index in [1.165, 1.54) is 24.2 Å². The van der Waals surface area contributed by atoms with E-state index < -0.39 is 6.55 Å². The molecule has 0 bridgehead atoms. The van der Waals surface area contributed by atoms with Crippen LogP contribution in [0.1, 0.15) is 17.9 Å². The normalized spacial score (nSPS) is 12.6. The lowest BCUT2D eigenvalue weighted by atomic mass is 10.2. The Morgan fingerprint density at radius 2 is 1.87 bits per heavy atom. The average molecular weight is 441 g/mol. The van der Waals surface area contributed by atoms with Gasteiger partial charge in [0.1, 0.15) is 5.82 Å². The molecule has 0 fully saturated rings. The molecule has 2 aromatic heterocycles. The zero-order valence-corrected chi connectivity index (χ0v) is 17.0. The molecule has 1 aliphatic heterocycles. The minimum atomic E-state index is -2.63. The van der Waals surface area contributed by atoms with Gasteiger partial charge in [0.05, 0.1) is 12.3 Å². The summed E-state index contributed by atoms with van der Waals surface area (Å²) in [5.74, 6) is 2.62. The van der Waals surface area contributed by atoms with Gasteiger partial charge in [-0.3, -0.25) is 9.13 Å². The summed E-state index contributed by atoms with van der Waals surface area (Å²) in [5, 5.41) is 9.32. The number of hydrogen-bond donors (Lipinski definition) is 0. The van der Waals surface area contributed by atoms with Gasteiger partial charge < -0.3 is 9.47 Å². The summed E-state index contributed by atoms with van der Waals surface area (Å²) in [5.41, 5.74) is 1.90. The van der Waals surface area contributed by atoms with Crippen LogP contribution in [0.25, 0.3) is 11.4 Å². The second-order valence-electron chi connectivity index (χ2n) is 6.76. The van der Waals surface area contributed by atoms with Crippen molar-refractivity contribution in [3.8, 4) is 22.9 Å². The molecule has 0 saturated carbocycles. The average Bonchev–Trinajstić information content (AvgIpc) is 3.52. The Labute approximate surface area is 180 Å². The van der Waals surface area contributed by atoms with Crippen LogP contribution in [0, 0.1) is 0 Å². The van der Waals surface area contributed by atoms with Crippen LogP contribution in [0.2, 0.25) is 0 Å². The predicted molar refractivity (Wildman–Crippen MR) is 110 cm³/mol. The molecule has 0 N–H and O–H groups in total. The molecule has 158 valence electrons. The van der Waals surface area contributed by atoms with Gasteiger partial charge in [-0.2, -0.15) is 8.78 Å². The second-order valence-corrected chi connectivity index (χ2v) is 7.71. The van der Waals surface area contributed by atoms with Crippen LogP contribution < -0.4 is 9.47 Å². The summed E-state index contributed by atoms with van der Waals surface area (Å²) in [7, 11) is 0. The molecule has 1 aliphatic rings. The van der Waals surface area contributed by atoms with Crippen molar-refractivity contribution < 1.29 is 18.3 Å². The molecule has 2 aromatic carbocycles. The molecule has 0 unspecified atom stereocenters. The molecule has 4 aromatic rings. The Kier molecular flexibility index (Phi) is 5.29. The quantitative estimate of drug-likeness (QED) is 0.391. The van der Waals surface area contributed by atoms with Crippen molar-refractivity contribution in [2.24, 2.45) is 0 Å². The lowest BCUT2D eigenvalue weighted by molar-refractivity contribution is 0.0678. The Hall–Kier alpha value is -3.40. The van der Waals surface area contributed by atoms with Crippen molar-refractivity contribution in [1.82, 2.24) is 24.3 Å². The minimum absolute atomic E-state index is 0.207. The van der Waals surface area contributed by atoms with Gasteiger partial charge in [-0.15, -0.1) is 10.2 Å². The summed E-state index contributed by atoms with van der Waals surface area (Å²) in [6.07, 6.45) is 2.64. The number of nitrogens with zero attached hydrogens (tertiary/aromatic N) is 5. The molecule has 0 radical (unpaired) electrons. The van der Waals surface area contributed by atoms with Gasteiger partial charge in [-0.1, -0.05) is 48.2 Å². The number of alkyl halides is 2. The van der Waals surface area contributed by atoms with Gasteiger partial charge in [0.25, 0.3) is 0 Å². The Morgan fingerprint density at radius 3 is 2.71 bits per heavy atom. The van der Waals surface area contributed by atoms with Gasteiger partial charge in [0.2, 0.25) is 6.79 Å². The van der Waals surface area contributed by atoms with E-state index in [1.54, 1.807) is 0 Å². The Bertz CT molecular complexity index is 1200. The number of thioether (sulfide) groups is 1. The van der Waals surface area contributed by atoms with Crippen LogP contribution in [-0.4, -0.2) is 31.1 Å². The number of rotatable bonds is 7. The molecule has 10 heteroatoms. The molecule has 0 spiro atoms. The molecule has 0 amide bonds. The highest BCUT2D eigenvalue weighted by atomic mass is 32.2. The topological polar surface area (TPSA) is 67.0 Å². The largest absolute Gasteiger partial charge is 0.454 e. The minimum Gasteiger partial charge on any atom is -0.454 e. The van der Waals surface area contributed by atoms with Gasteiger partial charge >= 0.3 is 6.55 Å². The van der Waals surface area contributed by atoms with Gasteiger partial charge in [0.15, 0.2) is 22.5 Å². The van der Waals surface area contributed by atoms with E-state index in [0.717, 1.165) is 15.7 Å². The summed E-state index contributed by atoms with van der Waals surface area (Å²) >= 11 is 1.31. The molecule has 3 heterocycles. The fourth-order valence-electron chi connectivity index (χ4n) is 3.32. The molecular weight excluding hydrogens is 424 g/mol. The first-order valence-electron chi connectivity index (χ1n) is 9.49. The standard InChI is InChI=1S/C21H17F2N5O2S/c22-20(23)27-9-8-24-18(27)12-31-21-26-25-19(15-4-2-1-3-5-15)28(21)11-14-6-7-16-17(10-14)30-13-29-16/h1-10,20H,11-13H2. The third kappa shape index (κ3) is 3.98. The predicted octanol–water partition coefficient (Wildman–Crippen LogP) is 4.61.